The summed E-state index contributed by atoms with van der Waals surface area (Å²) in [6, 6.07) is 0.536. The van der Waals surface area contributed by atoms with Crippen molar-refractivity contribution in [3.8, 4) is 0 Å². The van der Waals surface area contributed by atoms with Crippen LogP contribution in [0, 0.1) is 0 Å². The van der Waals surface area contributed by atoms with E-state index in [0.717, 1.165) is 45.6 Å². The highest BCUT2D eigenvalue weighted by Crippen LogP contribution is 1.97. The van der Waals surface area contributed by atoms with Gasteiger partial charge in [-0.2, -0.15) is 0 Å². The van der Waals surface area contributed by atoms with Gasteiger partial charge >= 0.3 is 0 Å². The molecule has 3 N–H and O–H groups in total. The zero-order valence-corrected chi connectivity index (χ0v) is 12.0. The van der Waals surface area contributed by atoms with Gasteiger partial charge in [-0.05, 0) is 40.3 Å². The van der Waals surface area contributed by atoms with E-state index >= 15 is 0 Å². The number of rotatable bonds is 7. The topological polar surface area (TPSA) is 56.4 Å². The van der Waals surface area contributed by atoms with Gasteiger partial charge < -0.3 is 20.9 Å². The maximum absolute atomic E-state index is 11.8. The van der Waals surface area contributed by atoms with Crippen LogP contribution < -0.4 is 16.0 Å². The van der Waals surface area contributed by atoms with Gasteiger partial charge in [0.05, 0.1) is 6.04 Å². The molecule has 0 aliphatic carbocycles. The van der Waals surface area contributed by atoms with E-state index in [1.165, 1.54) is 0 Å². The summed E-state index contributed by atoms with van der Waals surface area (Å²) in [6.07, 6.45) is 2.17. The minimum Gasteiger partial charge on any atom is -0.355 e. The van der Waals surface area contributed by atoms with Crippen molar-refractivity contribution < 1.29 is 4.79 Å². The van der Waals surface area contributed by atoms with E-state index in [4.69, 9.17) is 0 Å². The standard InChI is InChI=1S/C13H28N4O/c1-11(2)17(3)9-5-4-6-16-13(18)12-10-14-7-8-15-12/h11-12,14-15H,4-10H2,1-3H3,(H,16,18). The summed E-state index contributed by atoms with van der Waals surface area (Å²) in [5, 5.41) is 9.42. The predicted octanol–water partition coefficient (Wildman–Crippen LogP) is -0.216. The van der Waals surface area contributed by atoms with Crippen molar-refractivity contribution in [2.75, 3.05) is 39.8 Å². The molecule has 1 atom stereocenters. The average molecular weight is 256 g/mol. The molecular formula is C13H28N4O. The molecule has 5 nitrogen and oxygen atoms in total. The summed E-state index contributed by atoms with van der Waals surface area (Å²) in [4.78, 5) is 14.1. The van der Waals surface area contributed by atoms with Crippen LogP contribution in [0.5, 0.6) is 0 Å². The van der Waals surface area contributed by atoms with Gasteiger partial charge in [-0.1, -0.05) is 0 Å². The molecule has 1 saturated heterocycles. The number of nitrogens with zero attached hydrogens (tertiary/aromatic N) is 1. The van der Waals surface area contributed by atoms with Crippen LogP contribution in [-0.2, 0) is 4.79 Å². The Balaban J connectivity index is 2.01. The van der Waals surface area contributed by atoms with Crippen LogP contribution >= 0.6 is 0 Å². The van der Waals surface area contributed by atoms with Gasteiger partial charge in [0, 0.05) is 32.2 Å². The SMILES string of the molecule is CC(C)N(C)CCCCNC(=O)C1CNCCN1. The van der Waals surface area contributed by atoms with Crippen LogP contribution in [-0.4, -0.2) is 62.7 Å². The second-order valence-electron chi connectivity index (χ2n) is 5.28. The average Bonchev–Trinajstić information content (AvgIpc) is 2.38. The Kier molecular flexibility index (Phi) is 7.23. The molecule has 1 unspecified atom stereocenters. The Morgan fingerprint density at radius 2 is 2.17 bits per heavy atom. The van der Waals surface area contributed by atoms with Crippen molar-refractivity contribution in [1.29, 1.82) is 0 Å². The smallest absolute Gasteiger partial charge is 0.238 e. The highest BCUT2D eigenvalue weighted by molar-refractivity contribution is 5.82. The monoisotopic (exact) mass is 256 g/mol. The van der Waals surface area contributed by atoms with E-state index in [1.54, 1.807) is 0 Å². The molecule has 1 aliphatic heterocycles. The minimum atomic E-state index is -0.0583. The molecule has 1 heterocycles. The van der Waals surface area contributed by atoms with Crippen molar-refractivity contribution in [3.05, 3.63) is 0 Å². The number of carbonyl (C=O) groups is 1. The molecule has 0 bridgehead atoms. The van der Waals surface area contributed by atoms with Crippen molar-refractivity contribution >= 4 is 5.91 Å². The second-order valence-corrected chi connectivity index (χ2v) is 5.28. The summed E-state index contributed by atoms with van der Waals surface area (Å²) in [5.74, 6) is 0.124. The normalized spacial score (nSPS) is 20.4. The van der Waals surface area contributed by atoms with Gasteiger partial charge in [-0.15, -0.1) is 0 Å². The number of piperazine rings is 1. The van der Waals surface area contributed by atoms with Gasteiger partial charge in [0.15, 0.2) is 0 Å². The molecule has 5 heteroatoms. The third kappa shape index (κ3) is 5.80. The molecule has 1 rings (SSSR count). The molecule has 1 amide bonds. The highest BCUT2D eigenvalue weighted by atomic mass is 16.2. The third-order valence-corrected chi connectivity index (χ3v) is 3.48. The fraction of sp³-hybridized carbons (Fsp3) is 0.923. The number of hydrogen-bond donors (Lipinski definition) is 3. The molecular weight excluding hydrogens is 228 g/mol. The number of nitrogens with one attached hydrogen (secondary N) is 3. The molecule has 0 spiro atoms. The molecule has 106 valence electrons. The molecule has 0 aromatic carbocycles. The van der Waals surface area contributed by atoms with Crippen LogP contribution in [0.15, 0.2) is 0 Å². The van der Waals surface area contributed by atoms with Gasteiger partial charge in [-0.25, -0.2) is 0 Å². The largest absolute Gasteiger partial charge is 0.355 e. The van der Waals surface area contributed by atoms with Gasteiger partial charge in [0.2, 0.25) is 5.91 Å². The van der Waals surface area contributed by atoms with Crippen LogP contribution in [0.3, 0.4) is 0 Å². The highest BCUT2D eigenvalue weighted by Gasteiger charge is 2.19. The first-order valence-electron chi connectivity index (χ1n) is 7.03. The van der Waals surface area contributed by atoms with Crippen LogP contribution in [0.4, 0.5) is 0 Å². The van der Waals surface area contributed by atoms with E-state index in [1.807, 2.05) is 0 Å². The van der Waals surface area contributed by atoms with Crippen LogP contribution in [0.1, 0.15) is 26.7 Å². The molecule has 0 saturated carbocycles. The van der Waals surface area contributed by atoms with E-state index in [2.05, 4.69) is 41.7 Å². The Morgan fingerprint density at radius 3 is 2.78 bits per heavy atom. The minimum absolute atomic E-state index is 0.0583. The predicted molar refractivity (Wildman–Crippen MR) is 74.7 cm³/mol. The summed E-state index contributed by atoms with van der Waals surface area (Å²) in [7, 11) is 2.14. The fourth-order valence-corrected chi connectivity index (χ4v) is 1.92. The van der Waals surface area contributed by atoms with Crippen LogP contribution in [0.25, 0.3) is 0 Å². The van der Waals surface area contributed by atoms with E-state index in [0.29, 0.717) is 6.04 Å². The van der Waals surface area contributed by atoms with Gasteiger partial charge in [0.25, 0.3) is 0 Å². The molecule has 0 radical (unpaired) electrons. The maximum Gasteiger partial charge on any atom is 0.238 e. The number of amides is 1. The van der Waals surface area contributed by atoms with Crippen molar-refractivity contribution in [2.45, 2.75) is 38.8 Å². The lowest BCUT2D eigenvalue weighted by Gasteiger charge is -2.24. The Morgan fingerprint density at radius 1 is 1.39 bits per heavy atom. The van der Waals surface area contributed by atoms with Crippen molar-refractivity contribution in [1.82, 2.24) is 20.9 Å². The van der Waals surface area contributed by atoms with Crippen molar-refractivity contribution in [3.63, 3.8) is 0 Å². The first-order valence-corrected chi connectivity index (χ1v) is 7.03. The fourth-order valence-electron chi connectivity index (χ4n) is 1.92. The molecule has 0 aromatic heterocycles. The Bertz CT molecular complexity index is 239. The summed E-state index contributed by atoms with van der Waals surface area (Å²) < 4.78 is 0. The lowest BCUT2D eigenvalue weighted by atomic mass is 10.2. The van der Waals surface area contributed by atoms with Gasteiger partial charge in [-0.3, -0.25) is 4.79 Å². The van der Waals surface area contributed by atoms with Crippen LogP contribution in [0.2, 0.25) is 0 Å². The Labute approximate surface area is 111 Å². The lowest BCUT2D eigenvalue weighted by Crippen LogP contribution is -2.55. The van der Waals surface area contributed by atoms with Gasteiger partial charge in [0.1, 0.15) is 0 Å². The van der Waals surface area contributed by atoms with E-state index in [-0.39, 0.29) is 11.9 Å². The quantitative estimate of drug-likeness (QED) is 0.552. The Hall–Kier alpha value is -0.650. The number of hydrogen-bond acceptors (Lipinski definition) is 4. The molecule has 1 aliphatic rings. The summed E-state index contributed by atoms with van der Waals surface area (Å²) >= 11 is 0. The zero-order valence-electron chi connectivity index (χ0n) is 12.0. The number of unbranched alkanes of at least 4 members (excludes halogenated alkanes) is 1. The molecule has 1 fully saturated rings. The van der Waals surface area contributed by atoms with E-state index in [9.17, 15) is 4.79 Å². The van der Waals surface area contributed by atoms with E-state index < -0.39 is 0 Å². The second kappa shape index (κ2) is 8.45. The first-order chi connectivity index (χ1) is 8.61. The molecule has 18 heavy (non-hydrogen) atoms. The number of carbonyl (C=O) groups excluding carboxylic acids is 1. The summed E-state index contributed by atoms with van der Waals surface area (Å²) in [5.41, 5.74) is 0. The summed E-state index contributed by atoms with van der Waals surface area (Å²) in [6.45, 7) is 8.83. The molecule has 0 aromatic rings. The zero-order chi connectivity index (χ0) is 13.4. The third-order valence-electron chi connectivity index (χ3n) is 3.48. The maximum atomic E-state index is 11.8. The first kappa shape index (κ1) is 15.4. The lowest BCUT2D eigenvalue weighted by molar-refractivity contribution is -0.123. The van der Waals surface area contributed by atoms with Crippen molar-refractivity contribution in [2.24, 2.45) is 0 Å².